The van der Waals surface area contributed by atoms with E-state index in [1.165, 1.54) is 0 Å². The van der Waals surface area contributed by atoms with Crippen molar-refractivity contribution >= 4 is 35.8 Å². The van der Waals surface area contributed by atoms with Crippen LogP contribution in [0.2, 0.25) is 0 Å². The predicted molar refractivity (Wildman–Crippen MR) is 65.6 cm³/mol. The van der Waals surface area contributed by atoms with E-state index in [-0.39, 0.29) is 69.4 Å². The van der Waals surface area contributed by atoms with E-state index >= 15 is 0 Å². The number of carbonyl (C=O) groups excluding carboxylic acids is 6. The molecule has 0 bridgehead atoms. The monoisotopic (exact) mass is 606 g/mol. The van der Waals surface area contributed by atoms with E-state index < -0.39 is 72.7 Å². The first-order chi connectivity index (χ1) is 11.6. The van der Waals surface area contributed by atoms with Crippen LogP contribution in [0.3, 0.4) is 0 Å². The van der Waals surface area contributed by atoms with E-state index in [1.807, 2.05) is 0 Å². The van der Waals surface area contributed by atoms with Crippen molar-refractivity contribution in [1.82, 2.24) is 0 Å². The van der Waals surface area contributed by atoms with E-state index in [2.05, 4.69) is 0 Å². The van der Waals surface area contributed by atoms with Crippen LogP contribution in [0.25, 0.3) is 0 Å². The first-order valence-corrected chi connectivity index (χ1v) is 6.23. The van der Waals surface area contributed by atoms with Crippen LogP contribution in [0.15, 0.2) is 0 Å². The Kier molecular flexibility index (Phi) is 31.2. The molecule has 0 atom stereocenters. The van der Waals surface area contributed by atoms with Gasteiger partial charge in [-0.2, -0.15) is 0 Å². The fourth-order valence-corrected chi connectivity index (χ4v) is 1.37. The van der Waals surface area contributed by atoms with Gasteiger partial charge in [0.05, 0.1) is 11.9 Å². The smallest absolute Gasteiger partial charge is 0.550 e. The Hall–Kier alpha value is -1.47. The van der Waals surface area contributed by atoms with Gasteiger partial charge < -0.3 is 80.6 Å². The summed E-state index contributed by atoms with van der Waals surface area (Å²) in [7, 11) is 0. The van der Waals surface area contributed by atoms with Crippen molar-refractivity contribution in [3.05, 3.63) is 0 Å². The first-order valence-electron chi connectivity index (χ1n) is 6.23. The molecule has 0 saturated heterocycles. The van der Waals surface area contributed by atoms with Crippen LogP contribution >= 0.6 is 0 Å². The van der Waals surface area contributed by atoms with Crippen molar-refractivity contribution < 1.29 is 139 Å². The summed E-state index contributed by atoms with van der Waals surface area (Å²) in [6, 6.07) is 0. The minimum absolute atomic E-state index is 0. The molecule has 0 rings (SSSR count). The summed E-state index contributed by atoms with van der Waals surface area (Å²) in [4.78, 5) is 60.0. The van der Waals surface area contributed by atoms with Crippen molar-refractivity contribution in [2.24, 2.45) is 0 Å². The second kappa shape index (κ2) is 20.4. The van der Waals surface area contributed by atoms with Gasteiger partial charge in [-0.05, 0) is 0 Å². The molecule has 19 heteroatoms. The summed E-state index contributed by atoms with van der Waals surface area (Å²) in [6.07, 6.45) is -5.43. The number of carboxylic acids is 6. The maximum Gasteiger partial charge on any atom is 2.00 e. The SMILES string of the molecule is O.O.O=C([O-])CC(O)(CC(=O)[O-])C(=O)[O-].O=C([O-])CC(O)(CC(=O)[O-])C(=O)[O-].[Zn+2].[Zn+2].[Zn+2]. The zero-order valence-corrected chi connectivity index (χ0v) is 24.6. The third kappa shape index (κ3) is 21.5. The number of rotatable bonds is 10. The van der Waals surface area contributed by atoms with Gasteiger partial charge in [0.25, 0.3) is 0 Å². The third-order valence-corrected chi connectivity index (χ3v) is 2.51. The van der Waals surface area contributed by atoms with E-state index in [1.54, 1.807) is 0 Å². The van der Waals surface area contributed by atoms with Gasteiger partial charge in [-0.3, -0.25) is 0 Å². The molecule has 0 amide bonds. The summed E-state index contributed by atoms with van der Waals surface area (Å²) in [5.74, 6) is -12.0. The van der Waals surface area contributed by atoms with Gasteiger partial charge in [-0.1, -0.05) is 0 Å². The van der Waals surface area contributed by atoms with E-state index in [0.29, 0.717) is 0 Å². The molecule has 0 aromatic heterocycles. The molecule has 0 spiro atoms. The first kappa shape index (κ1) is 47.4. The van der Waals surface area contributed by atoms with E-state index in [4.69, 9.17) is 10.2 Å². The predicted octanol–water partition coefficient (Wildman–Crippen LogP) is -12.2. The zero-order chi connectivity index (χ0) is 21.3. The second-order valence-corrected chi connectivity index (χ2v) is 4.83. The van der Waals surface area contributed by atoms with Crippen molar-refractivity contribution in [3.8, 4) is 0 Å². The summed E-state index contributed by atoms with van der Waals surface area (Å²) in [6.45, 7) is 0. The number of carboxylic acid groups (broad SMARTS) is 6. The van der Waals surface area contributed by atoms with Crippen LogP contribution in [0, 0.1) is 0 Å². The second-order valence-electron chi connectivity index (χ2n) is 4.83. The Bertz CT molecular complexity index is 523. The molecule has 31 heavy (non-hydrogen) atoms. The van der Waals surface area contributed by atoms with Gasteiger partial charge in [0.15, 0.2) is 0 Å². The Balaban J connectivity index is -0.0000000640. The van der Waals surface area contributed by atoms with Crippen molar-refractivity contribution in [1.29, 1.82) is 0 Å². The molecular weight excluding hydrogens is 596 g/mol. The Labute approximate surface area is 211 Å². The van der Waals surface area contributed by atoms with E-state index in [0.717, 1.165) is 0 Å². The number of hydrogen-bond donors (Lipinski definition) is 2. The summed E-state index contributed by atoms with van der Waals surface area (Å²) in [5, 5.41) is 77.9. The molecule has 0 aliphatic carbocycles. The van der Waals surface area contributed by atoms with E-state index in [9.17, 15) is 59.4 Å². The van der Waals surface area contributed by atoms with Crippen LogP contribution in [0.5, 0.6) is 0 Å². The fourth-order valence-electron chi connectivity index (χ4n) is 1.37. The molecule has 164 valence electrons. The number of aliphatic hydroxyl groups is 2. The molecule has 6 N–H and O–H groups in total. The topological polar surface area (TPSA) is 344 Å². The summed E-state index contributed by atoms with van der Waals surface area (Å²) >= 11 is 0. The van der Waals surface area contributed by atoms with Gasteiger partial charge in [0.2, 0.25) is 0 Å². The Morgan fingerprint density at radius 3 is 0.677 bits per heavy atom. The number of carbonyl (C=O) groups is 6. The van der Waals surface area contributed by atoms with Crippen LogP contribution in [0.4, 0.5) is 0 Å². The third-order valence-electron chi connectivity index (χ3n) is 2.51. The molecule has 0 aromatic carbocycles. The fraction of sp³-hybridized carbons (Fsp3) is 0.500. The van der Waals surface area contributed by atoms with Crippen molar-refractivity contribution in [3.63, 3.8) is 0 Å². The van der Waals surface area contributed by atoms with Crippen LogP contribution < -0.4 is 30.6 Å². The normalized spacial score (nSPS) is 9.10. The molecule has 16 nitrogen and oxygen atoms in total. The molecule has 0 aliphatic heterocycles. The molecule has 0 fully saturated rings. The maximum absolute atomic E-state index is 10.1. The molecule has 0 aromatic rings. The quantitative estimate of drug-likeness (QED) is 0.217. The van der Waals surface area contributed by atoms with Crippen LogP contribution in [0.1, 0.15) is 25.7 Å². The largest absolute Gasteiger partial charge is 2.00 e. The van der Waals surface area contributed by atoms with Gasteiger partial charge in [-0.25, -0.2) is 0 Å². The van der Waals surface area contributed by atoms with Crippen molar-refractivity contribution in [2.75, 3.05) is 0 Å². The number of aliphatic carboxylic acids is 6. The minimum Gasteiger partial charge on any atom is -0.550 e. The van der Waals surface area contributed by atoms with Gasteiger partial charge in [-0.15, -0.1) is 0 Å². The van der Waals surface area contributed by atoms with Crippen LogP contribution in [-0.4, -0.2) is 68.2 Å². The molecule has 0 heterocycles. The molecule has 0 saturated carbocycles. The maximum atomic E-state index is 10.1. The summed E-state index contributed by atoms with van der Waals surface area (Å²) in [5.41, 5.74) is -5.95. The molecule has 0 radical (unpaired) electrons. The van der Waals surface area contributed by atoms with Crippen LogP contribution in [-0.2, 0) is 87.2 Å². The average molecular weight is 610 g/mol. The minimum atomic E-state index is -2.97. The van der Waals surface area contributed by atoms with Gasteiger partial charge in [0.1, 0.15) is 11.2 Å². The zero-order valence-electron chi connectivity index (χ0n) is 15.7. The average Bonchev–Trinajstić information content (AvgIpc) is 2.34. The van der Waals surface area contributed by atoms with Gasteiger partial charge in [0, 0.05) is 49.6 Å². The Morgan fingerprint density at radius 1 is 0.484 bits per heavy atom. The molecule has 0 unspecified atom stereocenters. The standard InChI is InChI=1S/2C6H8O7.2H2O.3Zn/c2*7-3(8)1-6(13,5(11)12)2-4(9)10;;;;;/h2*13H,1-2H2,(H,7,8)(H,9,10)(H,11,12);2*1H2;;;/q;;;;3*+2/p-6. The number of hydrogen-bond acceptors (Lipinski definition) is 14. The summed E-state index contributed by atoms with van der Waals surface area (Å²) < 4.78 is 0. The Morgan fingerprint density at radius 2 is 0.613 bits per heavy atom. The molecular formula is C12H14O16Zn3. The molecule has 0 aliphatic rings. The van der Waals surface area contributed by atoms with Crippen molar-refractivity contribution in [2.45, 2.75) is 36.9 Å². The van der Waals surface area contributed by atoms with Gasteiger partial charge >= 0.3 is 58.4 Å².